The molecule has 4 rings (SSSR count). The first-order chi connectivity index (χ1) is 10.5. The van der Waals surface area contributed by atoms with Crippen molar-refractivity contribution >= 4 is 10.8 Å². The Labute approximate surface area is 130 Å². The number of hydrogen-bond acceptors (Lipinski definition) is 1. The van der Waals surface area contributed by atoms with Crippen LogP contribution in [0.2, 0.25) is 0 Å². The van der Waals surface area contributed by atoms with Gasteiger partial charge in [-0.15, -0.1) is 6.42 Å². The van der Waals surface area contributed by atoms with Gasteiger partial charge in [-0.1, -0.05) is 50.1 Å². The summed E-state index contributed by atoms with van der Waals surface area (Å²) in [5, 5.41) is 12.4. The zero-order chi connectivity index (χ0) is 15.5. The molecule has 1 N–H and O–H groups in total. The SMILES string of the molecule is C#Cc1ccc2c(c1)C(C)(C)c1cc(O)c3ccccc3c1-2. The predicted octanol–water partition coefficient (Wildman–Crippen LogP) is 4.83. The van der Waals surface area contributed by atoms with E-state index < -0.39 is 0 Å². The third-order valence-corrected chi connectivity index (χ3v) is 4.83. The number of phenols is 1. The molecule has 0 spiro atoms. The summed E-state index contributed by atoms with van der Waals surface area (Å²) < 4.78 is 0. The Kier molecular flexibility index (Phi) is 2.45. The smallest absolute Gasteiger partial charge is 0.123 e. The number of rotatable bonds is 0. The van der Waals surface area contributed by atoms with Crippen LogP contribution in [0.5, 0.6) is 5.75 Å². The van der Waals surface area contributed by atoms with Crippen molar-refractivity contribution in [1.82, 2.24) is 0 Å². The van der Waals surface area contributed by atoms with Crippen LogP contribution in [-0.2, 0) is 5.41 Å². The highest BCUT2D eigenvalue weighted by Gasteiger charge is 2.37. The van der Waals surface area contributed by atoms with Crippen molar-refractivity contribution in [2.75, 3.05) is 0 Å². The fourth-order valence-corrected chi connectivity index (χ4v) is 3.65. The highest BCUT2D eigenvalue weighted by molar-refractivity contribution is 6.05. The molecule has 0 unspecified atom stereocenters. The summed E-state index contributed by atoms with van der Waals surface area (Å²) in [4.78, 5) is 0. The lowest BCUT2D eigenvalue weighted by Gasteiger charge is -2.22. The minimum absolute atomic E-state index is 0.168. The molecule has 0 heterocycles. The van der Waals surface area contributed by atoms with E-state index in [0.717, 1.165) is 21.9 Å². The van der Waals surface area contributed by atoms with E-state index in [2.05, 4.69) is 38.0 Å². The van der Waals surface area contributed by atoms with Crippen LogP contribution in [0.1, 0.15) is 30.5 Å². The zero-order valence-corrected chi connectivity index (χ0v) is 12.6. The average molecular weight is 284 g/mol. The summed E-state index contributed by atoms with van der Waals surface area (Å²) in [6.07, 6.45) is 5.56. The molecule has 1 aliphatic rings. The van der Waals surface area contributed by atoms with E-state index in [1.54, 1.807) is 0 Å². The van der Waals surface area contributed by atoms with Crippen LogP contribution in [0.15, 0.2) is 48.5 Å². The van der Waals surface area contributed by atoms with Gasteiger partial charge in [0.2, 0.25) is 0 Å². The van der Waals surface area contributed by atoms with Gasteiger partial charge in [0.05, 0.1) is 0 Å². The quantitative estimate of drug-likeness (QED) is 0.586. The molecule has 0 bridgehead atoms. The number of fused-ring (bicyclic) bond motifs is 5. The largest absolute Gasteiger partial charge is 0.507 e. The normalized spacial score (nSPS) is 14.4. The third kappa shape index (κ3) is 1.50. The van der Waals surface area contributed by atoms with E-state index >= 15 is 0 Å². The summed E-state index contributed by atoms with van der Waals surface area (Å²) in [5.74, 6) is 3.06. The fourth-order valence-electron chi connectivity index (χ4n) is 3.65. The molecule has 106 valence electrons. The van der Waals surface area contributed by atoms with Crippen LogP contribution >= 0.6 is 0 Å². The lowest BCUT2D eigenvalue weighted by Crippen LogP contribution is -2.15. The van der Waals surface area contributed by atoms with E-state index in [4.69, 9.17) is 6.42 Å². The van der Waals surface area contributed by atoms with Gasteiger partial charge in [-0.25, -0.2) is 0 Å². The molecule has 0 aromatic heterocycles. The Bertz CT molecular complexity index is 971. The summed E-state index contributed by atoms with van der Waals surface area (Å²) in [6.45, 7) is 4.37. The molecule has 3 aromatic rings. The first-order valence-electron chi connectivity index (χ1n) is 7.41. The van der Waals surface area contributed by atoms with Crippen molar-refractivity contribution < 1.29 is 5.11 Å². The second kappa shape index (κ2) is 4.15. The monoisotopic (exact) mass is 284 g/mol. The fraction of sp³-hybridized carbons (Fsp3) is 0.143. The zero-order valence-electron chi connectivity index (χ0n) is 12.6. The van der Waals surface area contributed by atoms with Crippen molar-refractivity contribution in [1.29, 1.82) is 0 Å². The van der Waals surface area contributed by atoms with Crippen LogP contribution in [0.25, 0.3) is 21.9 Å². The number of phenolic OH excluding ortho intramolecular Hbond substituents is 1. The Morgan fingerprint density at radius 2 is 1.68 bits per heavy atom. The molecule has 1 aliphatic carbocycles. The van der Waals surface area contributed by atoms with Gasteiger partial charge in [0.1, 0.15) is 5.75 Å². The van der Waals surface area contributed by atoms with Gasteiger partial charge in [0.15, 0.2) is 0 Å². The maximum atomic E-state index is 10.4. The van der Waals surface area contributed by atoms with E-state index in [-0.39, 0.29) is 5.41 Å². The van der Waals surface area contributed by atoms with Crippen LogP contribution in [0, 0.1) is 12.3 Å². The Hall–Kier alpha value is -2.72. The minimum Gasteiger partial charge on any atom is -0.507 e. The summed E-state index contributed by atoms with van der Waals surface area (Å²) in [5.41, 5.74) is 5.56. The lowest BCUT2D eigenvalue weighted by atomic mass is 9.81. The molecule has 22 heavy (non-hydrogen) atoms. The number of hydrogen-bond donors (Lipinski definition) is 1. The van der Waals surface area contributed by atoms with Gasteiger partial charge in [-0.2, -0.15) is 0 Å². The van der Waals surface area contributed by atoms with Gasteiger partial charge in [-0.05, 0) is 45.8 Å². The van der Waals surface area contributed by atoms with Crippen LogP contribution in [0.3, 0.4) is 0 Å². The van der Waals surface area contributed by atoms with Crippen molar-refractivity contribution in [2.45, 2.75) is 19.3 Å². The van der Waals surface area contributed by atoms with Gasteiger partial charge in [-0.3, -0.25) is 0 Å². The molecule has 0 fully saturated rings. The average Bonchev–Trinajstić information content (AvgIpc) is 2.75. The van der Waals surface area contributed by atoms with E-state index in [9.17, 15) is 5.11 Å². The van der Waals surface area contributed by atoms with E-state index in [1.807, 2.05) is 30.3 Å². The Morgan fingerprint density at radius 1 is 0.955 bits per heavy atom. The first-order valence-corrected chi connectivity index (χ1v) is 7.41. The maximum absolute atomic E-state index is 10.4. The van der Waals surface area contributed by atoms with Gasteiger partial charge < -0.3 is 5.11 Å². The van der Waals surface area contributed by atoms with Gasteiger partial charge in [0.25, 0.3) is 0 Å². The van der Waals surface area contributed by atoms with Crippen molar-refractivity contribution in [2.24, 2.45) is 0 Å². The molecular formula is C21H16O. The predicted molar refractivity (Wildman–Crippen MR) is 91.1 cm³/mol. The standard InChI is InChI=1S/C21H16O/c1-4-13-9-10-16-17(11-13)21(2,3)18-12-19(22)14-7-5-6-8-15(14)20(16)18/h1,5-12,22H,2-3H3. The van der Waals surface area contributed by atoms with Gasteiger partial charge in [0, 0.05) is 16.4 Å². The molecule has 3 aromatic carbocycles. The van der Waals surface area contributed by atoms with Crippen LogP contribution in [0.4, 0.5) is 0 Å². The maximum Gasteiger partial charge on any atom is 0.123 e. The molecule has 0 atom stereocenters. The molecule has 0 saturated carbocycles. The topological polar surface area (TPSA) is 20.2 Å². The van der Waals surface area contributed by atoms with Crippen LogP contribution in [-0.4, -0.2) is 5.11 Å². The second-order valence-corrected chi connectivity index (χ2v) is 6.39. The highest BCUT2D eigenvalue weighted by atomic mass is 16.3. The van der Waals surface area contributed by atoms with E-state index in [0.29, 0.717) is 5.75 Å². The summed E-state index contributed by atoms with van der Waals surface area (Å²) in [6, 6.07) is 16.1. The van der Waals surface area contributed by atoms with Crippen molar-refractivity contribution in [3.8, 4) is 29.2 Å². The molecule has 1 nitrogen and oxygen atoms in total. The molecule has 1 heteroatoms. The molecule has 0 aliphatic heterocycles. The third-order valence-electron chi connectivity index (χ3n) is 4.83. The molecule has 0 radical (unpaired) electrons. The Balaban J connectivity index is 2.19. The van der Waals surface area contributed by atoms with Crippen molar-refractivity contribution in [3.63, 3.8) is 0 Å². The molecule has 0 saturated heterocycles. The van der Waals surface area contributed by atoms with Gasteiger partial charge >= 0.3 is 0 Å². The number of terminal acetylenes is 1. The number of benzene rings is 3. The second-order valence-electron chi connectivity index (χ2n) is 6.39. The minimum atomic E-state index is -0.168. The summed E-state index contributed by atoms with van der Waals surface area (Å²) >= 11 is 0. The van der Waals surface area contributed by atoms with Crippen LogP contribution < -0.4 is 0 Å². The summed E-state index contributed by atoms with van der Waals surface area (Å²) in [7, 11) is 0. The first kappa shape index (κ1) is 13.0. The van der Waals surface area contributed by atoms with E-state index in [1.165, 1.54) is 16.7 Å². The lowest BCUT2D eigenvalue weighted by molar-refractivity contribution is 0.479. The molecular weight excluding hydrogens is 268 g/mol. The number of aromatic hydroxyl groups is 1. The molecule has 0 amide bonds. The Morgan fingerprint density at radius 3 is 2.41 bits per heavy atom. The highest BCUT2D eigenvalue weighted by Crippen LogP contribution is 2.53. The van der Waals surface area contributed by atoms with Crippen molar-refractivity contribution in [3.05, 3.63) is 65.2 Å².